The molecule has 1 rings (SSSR count). The Labute approximate surface area is 99.0 Å². The predicted octanol–water partition coefficient (Wildman–Crippen LogP) is 2.58. The fraction of sp³-hybridized carbons (Fsp3) is 0.364. The highest BCUT2D eigenvalue weighted by Crippen LogP contribution is 2.32. The summed E-state index contributed by atoms with van der Waals surface area (Å²) in [5.41, 5.74) is 5.18. The van der Waals surface area contributed by atoms with Gasteiger partial charge in [0.15, 0.2) is 0 Å². The number of esters is 1. The predicted molar refractivity (Wildman–Crippen MR) is 62.7 cm³/mol. The first kappa shape index (κ1) is 12.6. The van der Waals surface area contributed by atoms with Crippen LogP contribution in [0.15, 0.2) is 12.1 Å². The normalized spacial score (nSPS) is 11.2. The van der Waals surface area contributed by atoms with E-state index in [2.05, 4.69) is 0 Å². The third-order valence-corrected chi connectivity index (χ3v) is 2.18. The van der Waals surface area contributed by atoms with E-state index in [-0.39, 0.29) is 22.0 Å². The molecule has 0 heterocycles. The van der Waals surface area contributed by atoms with Crippen molar-refractivity contribution < 1.29 is 14.6 Å². The van der Waals surface area contributed by atoms with Gasteiger partial charge in [-0.2, -0.15) is 0 Å². The van der Waals surface area contributed by atoms with Gasteiger partial charge in [0.05, 0.1) is 11.3 Å². The lowest BCUT2D eigenvalue weighted by Gasteiger charge is -2.20. The van der Waals surface area contributed by atoms with E-state index in [0.29, 0.717) is 0 Å². The summed E-state index contributed by atoms with van der Waals surface area (Å²) in [5, 5.41) is 9.24. The van der Waals surface area contributed by atoms with E-state index < -0.39 is 11.6 Å². The van der Waals surface area contributed by atoms with E-state index in [1.165, 1.54) is 12.1 Å². The zero-order chi connectivity index (χ0) is 12.5. The van der Waals surface area contributed by atoms with Crippen molar-refractivity contribution in [2.75, 3.05) is 5.73 Å². The van der Waals surface area contributed by atoms with Gasteiger partial charge >= 0.3 is 5.97 Å². The van der Waals surface area contributed by atoms with Crippen LogP contribution < -0.4 is 5.73 Å². The van der Waals surface area contributed by atoms with Gasteiger partial charge in [0.2, 0.25) is 0 Å². The second-order valence-corrected chi connectivity index (χ2v) is 4.74. The highest BCUT2D eigenvalue weighted by Gasteiger charge is 2.21. The van der Waals surface area contributed by atoms with Crippen molar-refractivity contribution in [3.05, 3.63) is 22.7 Å². The van der Waals surface area contributed by atoms with Gasteiger partial charge in [-0.25, -0.2) is 4.79 Å². The number of halogens is 1. The first-order valence-electron chi connectivity index (χ1n) is 4.72. The van der Waals surface area contributed by atoms with E-state index >= 15 is 0 Å². The molecule has 5 heteroatoms. The van der Waals surface area contributed by atoms with Gasteiger partial charge < -0.3 is 15.6 Å². The maximum Gasteiger partial charge on any atom is 0.340 e. The lowest BCUT2D eigenvalue weighted by molar-refractivity contribution is 0.00708. The van der Waals surface area contributed by atoms with Crippen molar-refractivity contribution in [1.82, 2.24) is 0 Å². The van der Waals surface area contributed by atoms with E-state index in [1.807, 2.05) is 0 Å². The molecule has 0 bridgehead atoms. The molecule has 0 aromatic heterocycles. The Balaban J connectivity index is 3.06. The molecule has 0 aliphatic rings. The number of anilines is 1. The monoisotopic (exact) mass is 243 g/mol. The Hall–Kier alpha value is -1.42. The highest BCUT2D eigenvalue weighted by molar-refractivity contribution is 6.35. The Morgan fingerprint density at radius 1 is 1.44 bits per heavy atom. The number of aromatic hydroxyl groups is 1. The number of carbonyl (C=O) groups excluding carboxylic acids is 1. The van der Waals surface area contributed by atoms with E-state index in [1.54, 1.807) is 20.8 Å². The van der Waals surface area contributed by atoms with Crippen molar-refractivity contribution in [2.45, 2.75) is 26.4 Å². The summed E-state index contributed by atoms with van der Waals surface area (Å²) >= 11 is 5.72. The van der Waals surface area contributed by atoms with Crippen molar-refractivity contribution >= 4 is 23.3 Å². The largest absolute Gasteiger partial charge is 0.506 e. The van der Waals surface area contributed by atoms with Crippen LogP contribution in [0.25, 0.3) is 0 Å². The average Bonchev–Trinajstić information content (AvgIpc) is 2.11. The zero-order valence-electron chi connectivity index (χ0n) is 9.37. The van der Waals surface area contributed by atoms with Gasteiger partial charge in [-0.3, -0.25) is 0 Å². The van der Waals surface area contributed by atoms with Gasteiger partial charge in [0.25, 0.3) is 0 Å². The van der Waals surface area contributed by atoms with Crippen LogP contribution in [0.5, 0.6) is 5.75 Å². The summed E-state index contributed by atoms with van der Waals surface area (Å²) in [6.45, 7) is 5.26. The van der Waals surface area contributed by atoms with Crippen LogP contribution in [0.2, 0.25) is 5.02 Å². The highest BCUT2D eigenvalue weighted by atomic mass is 35.5. The molecule has 88 valence electrons. The van der Waals surface area contributed by atoms with Gasteiger partial charge in [-0.05, 0) is 32.9 Å². The zero-order valence-corrected chi connectivity index (χ0v) is 10.1. The summed E-state index contributed by atoms with van der Waals surface area (Å²) < 4.78 is 5.14. The van der Waals surface area contributed by atoms with Crippen LogP contribution in [-0.2, 0) is 4.74 Å². The third kappa shape index (κ3) is 2.79. The number of benzene rings is 1. The Morgan fingerprint density at radius 3 is 2.50 bits per heavy atom. The number of hydrogen-bond donors (Lipinski definition) is 2. The number of phenolic OH excluding ortho intramolecular Hbond substituents is 1. The SMILES string of the molecule is CC(C)(C)OC(=O)c1ccc(O)c(Cl)c1N. The fourth-order valence-electron chi connectivity index (χ4n) is 1.09. The second kappa shape index (κ2) is 4.22. The molecule has 0 saturated heterocycles. The molecule has 3 N–H and O–H groups in total. The quantitative estimate of drug-likeness (QED) is 0.587. The molecule has 0 aliphatic carbocycles. The Bertz CT molecular complexity index is 424. The maximum atomic E-state index is 11.7. The Kier molecular flexibility index (Phi) is 3.33. The first-order chi connectivity index (χ1) is 7.22. The van der Waals surface area contributed by atoms with Crippen LogP contribution >= 0.6 is 11.6 Å². The van der Waals surface area contributed by atoms with Crippen LogP contribution in [0.3, 0.4) is 0 Å². The van der Waals surface area contributed by atoms with Gasteiger partial charge in [-0.15, -0.1) is 0 Å². The molecular weight excluding hydrogens is 230 g/mol. The smallest absolute Gasteiger partial charge is 0.340 e. The standard InChI is InChI=1S/C11H14ClNO3/c1-11(2,3)16-10(15)6-4-5-7(14)8(12)9(6)13/h4-5,14H,13H2,1-3H3. The molecule has 0 amide bonds. The minimum atomic E-state index is -0.603. The molecule has 1 aromatic carbocycles. The Morgan fingerprint density at radius 2 is 2.00 bits per heavy atom. The van der Waals surface area contributed by atoms with Crippen LogP contribution in [0, 0.1) is 0 Å². The lowest BCUT2D eigenvalue weighted by atomic mass is 10.1. The summed E-state index contributed by atoms with van der Waals surface area (Å²) in [6.07, 6.45) is 0. The molecule has 0 aliphatic heterocycles. The molecule has 0 fully saturated rings. The number of ether oxygens (including phenoxy) is 1. The molecular formula is C11H14ClNO3. The molecule has 0 spiro atoms. The third-order valence-electron chi connectivity index (χ3n) is 1.78. The number of nitrogens with two attached hydrogens (primary N) is 1. The van der Waals surface area contributed by atoms with Gasteiger partial charge in [0, 0.05) is 0 Å². The number of rotatable bonds is 1. The molecule has 1 aromatic rings. The van der Waals surface area contributed by atoms with Crippen molar-refractivity contribution in [2.24, 2.45) is 0 Å². The van der Waals surface area contributed by atoms with Crippen molar-refractivity contribution in [3.8, 4) is 5.75 Å². The number of hydrogen-bond acceptors (Lipinski definition) is 4. The summed E-state index contributed by atoms with van der Waals surface area (Å²) in [4.78, 5) is 11.7. The van der Waals surface area contributed by atoms with Crippen LogP contribution in [0.4, 0.5) is 5.69 Å². The van der Waals surface area contributed by atoms with E-state index in [4.69, 9.17) is 22.1 Å². The van der Waals surface area contributed by atoms with E-state index in [9.17, 15) is 9.90 Å². The van der Waals surface area contributed by atoms with Crippen LogP contribution in [-0.4, -0.2) is 16.7 Å². The van der Waals surface area contributed by atoms with Gasteiger partial charge in [0.1, 0.15) is 16.4 Å². The number of nitrogen functional groups attached to an aromatic ring is 1. The van der Waals surface area contributed by atoms with E-state index in [0.717, 1.165) is 0 Å². The fourth-order valence-corrected chi connectivity index (χ4v) is 1.26. The maximum absolute atomic E-state index is 11.7. The minimum absolute atomic E-state index is 0.0240. The molecule has 0 unspecified atom stereocenters. The average molecular weight is 244 g/mol. The summed E-state index contributed by atoms with van der Waals surface area (Å²) in [6, 6.07) is 2.68. The molecule has 0 atom stereocenters. The number of phenols is 1. The molecule has 16 heavy (non-hydrogen) atoms. The summed E-state index contributed by atoms with van der Waals surface area (Å²) in [5.74, 6) is -0.724. The topological polar surface area (TPSA) is 72.5 Å². The minimum Gasteiger partial charge on any atom is -0.506 e. The molecule has 4 nitrogen and oxygen atoms in total. The van der Waals surface area contributed by atoms with Crippen LogP contribution in [0.1, 0.15) is 31.1 Å². The second-order valence-electron chi connectivity index (χ2n) is 4.36. The number of carbonyl (C=O) groups is 1. The van der Waals surface area contributed by atoms with Gasteiger partial charge in [-0.1, -0.05) is 11.6 Å². The van der Waals surface area contributed by atoms with Crippen molar-refractivity contribution in [3.63, 3.8) is 0 Å². The van der Waals surface area contributed by atoms with Crippen molar-refractivity contribution in [1.29, 1.82) is 0 Å². The molecule has 0 saturated carbocycles. The summed E-state index contributed by atoms with van der Waals surface area (Å²) in [7, 11) is 0. The first-order valence-corrected chi connectivity index (χ1v) is 5.10. The lowest BCUT2D eigenvalue weighted by Crippen LogP contribution is -2.24. The molecule has 0 radical (unpaired) electrons.